The maximum absolute atomic E-state index is 11.8. The Kier molecular flexibility index (Phi) is 42.8. The first kappa shape index (κ1) is 62.8. The minimum Gasteiger partial charge on any atom is -0.550 e. The van der Waals surface area contributed by atoms with E-state index in [0.717, 1.165) is 127 Å². The molecule has 4 atom stereocenters. The third-order valence-corrected chi connectivity index (χ3v) is 11.5. The molecule has 65 heavy (non-hydrogen) atoms. The van der Waals surface area contributed by atoms with Gasteiger partial charge in [-0.15, -0.1) is 0 Å². The van der Waals surface area contributed by atoms with Crippen LogP contribution in [0.5, 0.6) is 0 Å². The van der Waals surface area contributed by atoms with Crippen molar-refractivity contribution in [2.24, 2.45) is 0 Å². The van der Waals surface area contributed by atoms with E-state index < -0.39 is 11.9 Å². The van der Waals surface area contributed by atoms with Crippen molar-refractivity contribution < 1.29 is 48.3 Å². The quantitative estimate of drug-likeness (QED) is 0.0358. The maximum atomic E-state index is 11.8. The second-order valence-electron chi connectivity index (χ2n) is 17.4. The Morgan fingerprint density at radius 3 is 0.985 bits per heavy atom. The smallest absolute Gasteiger partial charge is 0.550 e. The number of ether oxygens (including phenoxy) is 4. The van der Waals surface area contributed by atoms with Crippen molar-refractivity contribution in [3.05, 3.63) is 71.8 Å². The Balaban J connectivity index is 0.00000124. The largest absolute Gasteiger partial charge is 2.00 e. The summed E-state index contributed by atoms with van der Waals surface area (Å²) in [6.45, 7) is 8.42. The van der Waals surface area contributed by atoms with Gasteiger partial charge in [0.15, 0.2) is 0 Å². The van der Waals surface area contributed by atoms with Crippen molar-refractivity contribution in [1.29, 1.82) is 0 Å². The van der Waals surface area contributed by atoms with E-state index in [1.165, 1.54) is 52.4 Å². The van der Waals surface area contributed by atoms with Crippen LogP contribution in [0.3, 0.4) is 0 Å². The molecule has 0 amide bonds. The number of hydrogen-bond donors (Lipinski definition) is 0. The summed E-state index contributed by atoms with van der Waals surface area (Å²) in [7, 11) is 0. The average molecular weight is 1030 g/mol. The van der Waals surface area contributed by atoms with Gasteiger partial charge < -0.3 is 38.7 Å². The van der Waals surface area contributed by atoms with E-state index in [1.807, 2.05) is 36.4 Å². The standard InChI is InChI=1S/2C27H44O5.Ba/c2*1-3-4-5-14-19-25(31-22-24-17-12-11-13-18-24)26(32-23(2)28)20-15-9-7-6-8-10-16-21-27(29)30;/h2*11-13,17-18,25-26H,3-10,14-16,19-22H2,1-2H3,(H,29,30);/q;;+2/p-2. The molecule has 0 fully saturated rings. The van der Waals surface area contributed by atoms with E-state index >= 15 is 0 Å². The molecule has 0 aliphatic heterocycles. The number of carbonyl (C=O) groups excluding carboxylic acids is 4. The Morgan fingerprint density at radius 2 is 0.692 bits per heavy atom. The molecule has 364 valence electrons. The monoisotopic (exact) mass is 1030 g/mol. The van der Waals surface area contributed by atoms with Gasteiger partial charge in [-0.25, -0.2) is 0 Å². The van der Waals surface area contributed by atoms with E-state index in [9.17, 15) is 29.4 Å². The van der Waals surface area contributed by atoms with Gasteiger partial charge in [-0.1, -0.05) is 190 Å². The van der Waals surface area contributed by atoms with Crippen molar-refractivity contribution in [1.82, 2.24) is 0 Å². The van der Waals surface area contributed by atoms with Crippen LogP contribution in [0, 0.1) is 0 Å². The van der Waals surface area contributed by atoms with E-state index in [-0.39, 0.29) is 98.1 Å². The fourth-order valence-corrected chi connectivity index (χ4v) is 7.92. The molecule has 2 aromatic rings. The van der Waals surface area contributed by atoms with Crippen molar-refractivity contribution in [2.75, 3.05) is 0 Å². The molecule has 2 rings (SSSR count). The van der Waals surface area contributed by atoms with E-state index in [4.69, 9.17) is 18.9 Å². The SMILES string of the molecule is CCCCCCC(OCc1ccccc1)C(CCCCCCCCCC(=O)[O-])OC(C)=O.CCCCCCC(OCc1ccccc1)C(CCCCCCCCCC(=O)[O-])OC(C)=O.[Ba+2]. The topological polar surface area (TPSA) is 151 Å². The molecule has 0 bridgehead atoms. The van der Waals surface area contributed by atoms with Gasteiger partial charge in [-0.2, -0.15) is 0 Å². The van der Waals surface area contributed by atoms with Crippen LogP contribution in [0.1, 0.15) is 219 Å². The average Bonchev–Trinajstić information content (AvgIpc) is 3.27. The molecule has 0 aliphatic rings. The van der Waals surface area contributed by atoms with Gasteiger partial charge in [0.1, 0.15) is 12.2 Å². The molecule has 0 radical (unpaired) electrons. The fourth-order valence-electron chi connectivity index (χ4n) is 7.92. The van der Waals surface area contributed by atoms with E-state index in [2.05, 4.69) is 38.1 Å². The van der Waals surface area contributed by atoms with Crippen LogP contribution >= 0.6 is 0 Å². The summed E-state index contributed by atoms with van der Waals surface area (Å²) < 4.78 is 24.0. The number of benzene rings is 2. The molecule has 11 heteroatoms. The van der Waals surface area contributed by atoms with Crippen LogP contribution in [0.2, 0.25) is 0 Å². The minimum absolute atomic E-state index is 0. The summed E-state index contributed by atoms with van der Waals surface area (Å²) in [5.41, 5.74) is 2.26. The van der Waals surface area contributed by atoms with E-state index in [0.29, 0.717) is 26.1 Å². The van der Waals surface area contributed by atoms with Crippen molar-refractivity contribution in [3.63, 3.8) is 0 Å². The first-order valence-electron chi connectivity index (χ1n) is 25.1. The predicted octanol–water partition coefficient (Wildman–Crippen LogP) is 11.1. The number of carbonyl (C=O) groups is 4. The number of carboxylic acid groups (broad SMARTS) is 2. The van der Waals surface area contributed by atoms with Gasteiger partial charge in [-0.3, -0.25) is 9.59 Å². The molecule has 0 aliphatic carbocycles. The van der Waals surface area contributed by atoms with E-state index in [1.54, 1.807) is 0 Å². The second kappa shape index (κ2) is 44.3. The molecule has 4 unspecified atom stereocenters. The normalized spacial score (nSPS) is 12.7. The minimum atomic E-state index is -0.958. The molecule has 0 saturated carbocycles. The Morgan fingerprint density at radius 1 is 0.415 bits per heavy atom. The van der Waals surface area contributed by atoms with Crippen molar-refractivity contribution >= 4 is 72.8 Å². The number of esters is 2. The summed E-state index contributed by atoms with van der Waals surface area (Å²) in [4.78, 5) is 44.4. The van der Waals surface area contributed by atoms with Crippen molar-refractivity contribution in [2.45, 2.75) is 245 Å². The van der Waals surface area contributed by atoms with Crippen LogP contribution in [0.25, 0.3) is 0 Å². The Bertz CT molecular complexity index is 1320. The van der Waals surface area contributed by atoms with Gasteiger partial charge in [0.2, 0.25) is 0 Å². The Hall–Kier alpha value is -2.19. The number of unbranched alkanes of at least 4 members (excludes halogenated alkanes) is 18. The predicted molar refractivity (Wildman–Crippen MR) is 258 cm³/mol. The van der Waals surface area contributed by atoms with Crippen LogP contribution in [-0.4, -0.2) is 97.2 Å². The van der Waals surface area contributed by atoms with Crippen LogP contribution in [0.4, 0.5) is 0 Å². The number of rotatable bonds is 40. The van der Waals surface area contributed by atoms with Crippen LogP contribution < -0.4 is 10.2 Å². The summed E-state index contributed by atoms with van der Waals surface area (Å²) in [6.07, 6.45) is 26.5. The molecular formula is C54H86BaO10. The summed E-state index contributed by atoms with van der Waals surface area (Å²) >= 11 is 0. The van der Waals surface area contributed by atoms with Gasteiger partial charge in [0.25, 0.3) is 0 Å². The maximum Gasteiger partial charge on any atom is 2.00 e. The second-order valence-corrected chi connectivity index (χ2v) is 17.4. The third kappa shape index (κ3) is 38.5. The third-order valence-electron chi connectivity index (χ3n) is 11.5. The zero-order chi connectivity index (χ0) is 46.9. The van der Waals surface area contributed by atoms with Gasteiger partial charge in [0.05, 0.1) is 25.4 Å². The van der Waals surface area contributed by atoms with Gasteiger partial charge >= 0.3 is 60.8 Å². The molecule has 0 aromatic heterocycles. The molecule has 0 saturated heterocycles. The van der Waals surface area contributed by atoms with Gasteiger partial charge in [0, 0.05) is 25.8 Å². The number of hydrogen-bond acceptors (Lipinski definition) is 10. The molecule has 0 spiro atoms. The zero-order valence-corrected chi connectivity index (χ0v) is 45.5. The fraction of sp³-hybridized carbons (Fsp3) is 0.704. The summed E-state index contributed by atoms with van der Waals surface area (Å²) in [5, 5.41) is 20.9. The van der Waals surface area contributed by atoms with Crippen LogP contribution in [-0.2, 0) is 51.3 Å². The molecule has 0 heterocycles. The molecule has 10 nitrogen and oxygen atoms in total. The first-order chi connectivity index (χ1) is 31.0. The molecular weight excluding hydrogens is 946 g/mol. The van der Waals surface area contributed by atoms with Gasteiger partial charge in [-0.05, 0) is 75.3 Å². The summed E-state index contributed by atoms with van der Waals surface area (Å²) in [5.74, 6) is -2.41. The Labute approximate surface area is 434 Å². The van der Waals surface area contributed by atoms with Crippen molar-refractivity contribution in [3.8, 4) is 0 Å². The first-order valence-corrected chi connectivity index (χ1v) is 25.1. The molecule has 2 aromatic carbocycles. The zero-order valence-electron chi connectivity index (χ0n) is 41.1. The molecule has 0 N–H and O–H groups in total. The number of carboxylic acids is 2. The number of aliphatic carboxylic acids is 2. The van der Waals surface area contributed by atoms with Crippen LogP contribution in [0.15, 0.2) is 60.7 Å². The summed E-state index contributed by atoms with van der Waals surface area (Å²) in [6, 6.07) is 20.3.